The van der Waals surface area contributed by atoms with Gasteiger partial charge in [-0.3, -0.25) is 14.5 Å². The van der Waals surface area contributed by atoms with E-state index in [-0.39, 0.29) is 0 Å². The monoisotopic (exact) mass is 187 g/mol. The number of aliphatic carboxylic acids is 2. The van der Waals surface area contributed by atoms with Gasteiger partial charge in [0.15, 0.2) is 0 Å². The molecule has 1 rings (SSSR count). The highest BCUT2D eigenvalue weighted by molar-refractivity contribution is 5.78. The van der Waals surface area contributed by atoms with Gasteiger partial charge >= 0.3 is 11.9 Å². The molecule has 1 aliphatic heterocycles. The lowest BCUT2D eigenvalue weighted by Crippen LogP contribution is -2.51. The lowest BCUT2D eigenvalue weighted by Gasteiger charge is -2.34. The van der Waals surface area contributed by atoms with Crippen LogP contribution in [-0.4, -0.2) is 46.2 Å². The summed E-state index contributed by atoms with van der Waals surface area (Å²) in [6.45, 7) is 0. The third-order valence-electron chi connectivity index (χ3n) is 2.51. The minimum Gasteiger partial charge on any atom is -0.480 e. The van der Waals surface area contributed by atoms with Crippen LogP contribution in [0.2, 0.25) is 0 Å². The number of carboxylic acid groups (broad SMARTS) is 2. The van der Waals surface area contributed by atoms with Gasteiger partial charge in [0.1, 0.15) is 12.1 Å². The minimum atomic E-state index is -0.937. The number of likely N-dealkylation sites (N-methyl/N-ethyl adjacent to an activating group) is 1. The van der Waals surface area contributed by atoms with Crippen LogP contribution in [0, 0.1) is 0 Å². The SMILES string of the molecule is CN1C(C(=O)O)CCCC1C(=O)O. The van der Waals surface area contributed by atoms with Crippen molar-refractivity contribution in [1.82, 2.24) is 4.90 Å². The average Bonchev–Trinajstić information content (AvgIpc) is 2.03. The predicted molar refractivity (Wildman–Crippen MR) is 44.5 cm³/mol. The van der Waals surface area contributed by atoms with Gasteiger partial charge in [0, 0.05) is 0 Å². The highest BCUT2D eigenvalue weighted by Gasteiger charge is 2.35. The number of carbonyl (C=O) groups is 2. The molecule has 0 amide bonds. The second-order valence-electron chi connectivity index (χ2n) is 3.30. The largest absolute Gasteiger partial charge is 0.480 e. The van der Waals surface area contributed by atoms with E-state index in [9.17, 15) is 9.59 Å². The molecule has 2 N–H and O–H groups in total. The summed E-state index contributed by atoms with van der Waals surface area (Å²) in [5.41, 5.74) is 0. The summed E-state index contributed by atoms with van der Waals surface area (Å²) in [4.78, 5) is 22.8. The van der Waals surface area contributed by atoms with Crippen LogP contribution in [0.25, 0.3) is 0 Å². The van der Waals surface area contributed by atoms with E-state index in [0.29, 0.717) is 19.3 Å². The van der Waals surface area contributed by atoms with Crippen LogP contribution in [0.5, 0.6) is 0 Å². The first kappa shape index (κ1) is 9.98. The van der Waals surface area contributed by atoms with E-state index in [4.69, 9.17) is 10.2 Å². The highest BCUT2D eigenvalue weighted by Crippen LogP contribution is 2.21. The summed E-state index contributed by atoms with van der Waals surface area (Å²) in [5, 5.41) is 17.5. The fourth-order valence-electron chi connectivity index (χ4n) is 1.72. The number of hydrogen-bond donors (Lipinski definition) is 2. The summed E-state index contributed by atoms with van der Waals surface area (Å²) in [5.74, 6) is -1.87. The summed E-state index contributed by atoms with van der Waals surface area (Å²) in [6, 6.07) is -1.29. The summed E-state index contributed by atoms with van der Waals surface area (Å²) >= 11 is 0. The van der Waals surface area contributed by atoms with E-state index in [1.165, 1.54) is 4.90 Å². The van der Waals surface area contributed by atoms with Gasteiger partial charge < -0.3 is 10.2 Å². The minimum absolute atomic E-state index is 0.537. The third kappa shape index (κ3) is 1.98. The number of nitrogens with zero attached hydrogens (tertiary/aromatic N) is 1. The average molecular weight is 187 g/mol. The first-order chi connectivity index (χ1) is 6.04. The third-order valence-corrected chi connectivity index (χ3v) is 2.51. The Morgan fingerprint density at radius 2 is 1.54 bits per heavy atom. The maximum absolute atomic E-state index is 10.7. The first-order valence-electron chi connectivity index (χ1n) is 4.21. The van der Waals surface area contributed by atoms with Crippen LogP contribution in [0.15, 0.2) is 0 Å². The van der Waals surface area contributed by atoms with Crippen molar-refractivity contribution in [2.24, 2.45) is 0 Å². The van der Waals surface area contributed by atoms with Crippen molar-refractivity contribution < 1.29 is 19.8 Å². The Morgan fingerprint density at radius 3 is 1.85 bits per heavy atom. The Labute approximate surface area is 76.0 Å². The van der Waals surface area contributed by atoms with Crippen LogP contribution < -0.4 is 0 Å². The van der Waals surface area contributed by atoms with Crippen molar-refractivity contribution in [3.05, 3.63) is 0 Å². The van der Waals surface area contributed by atoms with Gasteiger partial charge in [0.2, 0.25) is 0 Å². The van der Waals surface area contributed by atoms with E-state index in [2.05, 4.69) is 0 Å². The molecule has 0 aromatic heterocycles. The van der Waals surface area contributed by atoms with Gasteiger partial charge in [-0.15, -0.1) is 0 Å². The maximum atomic E-state index is 10.7. The molecule has 0 spiro atoms. The Morgan fingerprint density at radius 1 is 1.15 bits per heavy atom. The topological polar surface area (TPSA) is 77.8 Å². The molecule has 2 atom stereocenters. The number of likely N-dealkylation sites (tertiary alicyclic amines) is 1. The lowest BCUT2D eigenvalue weighted by molar-refractivity contribution is -0.152. The number of piperidine rings is 1. The van der Waals surface area contributed by atoms with Gasteiger partial charge in [-0.25, -0.2) is 0 Å². The zero-order valence-electron chi connectivity index (χ0n) is 7.43. The Balaban J connectivity index is 2.71. The summed E-state index contributed by atoms with van der Waals surface area (Å²) in [7, 11) is 1.55. The molecule has 1 aliphatic rings. The van der Waals surface area contributed by atoms with Crippen molar-refractivity contribution in [2.75, 3.05) is 7.05 Å². The summed E-state index contributed by atoms with van der Waals surface area (Å²) in [6.07, 6.45) is 1.74. The molecule has 1 fully saturated rings. The Hall–Kier alpha value is -1.10. The molecule has 1 heterocycles. The molecule has 5 nitrogen and oxygen atoms in total. The predicted octanol–water partition coefficient (Wildman–Crippen LogP) is 0.00850. The van der Waals surface area contributed by atoms with E-state index in [0.717, 1.165) is 0 Å². The molecular weight excluding hydrogens is 174 g/mol. The highest BCUT2D eigenvalue weighted by atomic mass is 16.4. The van der Waals surface area contributed by atoms with Crippen LogP contribution in [0.4, 0.5) is 0 Å². The fraction of sp³-hybridized carbons (Fsp3) is 0.750. The molecule has 0 aromatic rings. The van der Waals surface area contributed by atoms with E-state index >= 15 is 0 Å². The van der Waals surface area contributed by atoms with Crippen molar-refractivity contribution in [3.8, 4) is 0 Å². The lowest BCUT2D eigenvalue weighted by atomic mass is 9.96. The molecule has 0 bridgehead atoms. The smallest absolute Gasteiger partial charge is 0.320 e. The van der Waals surface area contributed by atoms with Crippen molar-refractivity contribution >= 4 is 11.9 Å². The molecule has 1 saturated heterocycles. The molecule has 0 saturated carbocycles. The number of rotatable bonds is 2. The molecule has 0 radical (unpaired) electrons. The van der Waals surface area contributed by atoms with Gasteiger partial charge in [0.05, 0.1) is 0 Å². The van der Waals surface area contributed by atoms with Crippen molar-refractivity contribution in [1.29, 1.82) is 0 Å². The van der Waals surface area contributed by atoms with Gasteiger partial charge in [0.25, 0.3) is 0 Å². The van der Waals surface area contributed by atoms with E-state index < -0.39 is 24.0 Å². The number of carboxylic acids is 2. The van der Waals surface area contributed by atoms with Crippen LogP contribution in [-0.2, 0) is 9.59 Å². The van der Waals surface area contributed by atoms with E-state index in [1.807, 2.05) is 0 Å². The van der Waals surface area contributed by atoms with Crippen LogP contribution in [0.3, 0.4) is 0 Å². The molecule has 0 aromatic carbocycles. The van der Waals surface area contributed by atoms with Gasteiger partial charge in [-0.1, -0.05) is 0 Å². The fourth-order valence-corrected chi connectivity index (χ4v) is 1.72. The van der Waals surface area contributed by atoms with Gasteiger partial charge in [-0.05, 0) is 26.3 Å². The zero-order valence-corrected chi connectivity index (χ0v) is 7.43. The molecule has 74 valence electrons. The second-order valence-corrected chi connectivity index (χ2v) is 3.30. The molecule has 13 heavy (non-hydrogen) atoms. The van der Waals surface area contributed by atoms with Crippen molar-refractivity contribution in [2.45, 2.75) is 31.3 Å². The van der Waals surface area contributed by atoms with Crippen LogP contribution in [0.1, 0.15) is 19.3 Å². The molecule has 5 heteroatoms. The Kier molecular flexibility index (Phi) is 2.87. The molecule has 2 unspecified atom stereocenters. The number of hydrogen-bond acceptors (Lipinski definition) is 3. The second kappa shape index (κ2) is 3.74. The van der Waals surface area contributed by atoms with Crippen molar-refractivity contribution in [3.63, 3.8) is 0 Å². The zero-order chi connectivity index (χ0) is 10.0. The van der Waals surface area contributed by atoms with E-state index in [1.54, 1.807) is 7.05 Å². The standard InChI is InChI=1S/C8H13NO4/c1-9-5(7(10)11)3-2-4-6(9)8(12)13/h5-6H,2-4H2,1H3,(H,10,11)(H,12,13). The normalized spacial score (nSPS) is 29.9. The first-order valence-corrected chi connectivity index (χ1v) is 4.21. The Bertz CT molecular complexity index is 206. The van der Waals surface area contributed by atoms with Crippen LogP contribution >= 0.6 is 0 Å². The quantitative estimate of drug-likeness (QED) is 0.636. The van der Waals surface area contributed by atoms with Gasteiger partial charge in [-0.2, -0.15) is 0 Å². The molecule has 0 aliphatic carbocycles. The summed E-state index contributed by atoms with van der Waals surface area (Å²) < 4.78 is 0. The molecular formula is C8H13NO4. The maximum Gasteiger partial charge on any atom is 0.320 e.